The van der Waals surface area contributed by atoms with Gasteiger partial charge in [0, 0.05) is 55.3 Å². The average Bonchev–Trinajstić information content (AvgIpc) is 3.54. The Bertz CT molecular complexity index is 1240. The molecular weight excluding hydrogens is 699 g/mol. The third-order valence-electron chi connectivity index (χ3n) is 9.59. The number of thiophene rings is 1. The summed E-state index contributed by atoms with van der Waals surface area (Å²) >= 11 is 10.5. The van der Waals surface area contributed by atoms with Gasteiger partial charge in [0.1, 0.15) is 0 Å². The van der Waals surface area contributed by atoms with E-state index >= 15 is 0 Å². The number of rotatable bonds is 27. The van der Waals surface area contributed by atoms with Crippen LogP contribution in [0.3, 0.4) is 0 Å². The maximum absolute atomic E-state index is 13.2. The Kier molecular flexibility index (Phi) is 28.7. The summed E-state index contributed by atoms with van der Waals surface area (Å²) < 4.78 is 0. The number of thioether (sulfide) groups is 2. The molecule has 3 atom stereocenters. The standard InChI is InChI=1S/C43H71NOS4.C2H6/c1-13-20-24-34(17-5)27-36(23-16-4)41(46)33(11)48-39(30-47-37(19-7)26-22-15-3)43-38(29-45)40(42(49-43)31(8)9)32(10)44(12)28-35(18-6)25-21-14-2;1-2/h16,23,29-31,34-35,37,46H,10-11,13-15,17-22,24-28H2,1-9,12H3;1-2H3/b23-16+,39-30-,41-36+;. The van der Waals surface area contributed by atoms with Crippen molar-refractivity contribution in [2.45, 2.75) is 171 Å². The van der Waals surface area contributed by atoms with Gasteiger partial charge in [-0.25, -0.2) is 0 Å². The molecule has 0 aromatic carbocycles. The molecule has 0 amide bonds. The predicted octanol–water partition coefficient (Wildman–Crippen LogP) is 16.4. The Morgan fingerprint density at radius 3 is 1.96 bits per heavy atom. The second-order valence-electron chi connectivity index (χ2n) is 13.9. The van der Waals surface area contributed by atoms with Crippen LogP contribution in [0.15, 0.2) is 46.1 Å². The van der Waals surface area contributed by atoms with Crippen LogP contribution in [0, 0.1) is 11.8 Å². The van der Waals surface area contributed by atoms with Crippen molar-refractivity contribution in [3.05, 3.63) is 67.0 Å². The Labute approximate surface area is 335 Å². The van der Waals surface area contributed by atoms with Gasteiger partial charge in [0.25, 0.3) is 0 Å². The van der Waals surface area contributed by atoms with Gasteiger partial charge in [-0.05, 0) is 61.3 Å². The van der Waals surface area contributed by atoms with Gasteiger partial charge in [0.15, 0.2) is 6.29 Å². The van der Waals surface area contributed by atoms with Crippen molar-refractivity contribution in [2.75, 3.05) is 13.6 Å². The number of hydrogen-bond acceptors (Lipinski definition) is 6. The molecule has 0 bridgehead atoms. The fourth-order valence-electron chi connectivity index (χ4n) is 6.21. The molecule has 0 radical (unpaired) electrons. The maximum atomic E-state index is 13.2. The first-order valence-electron chi connectivity index (χ1n) is 20.3. The molecular formula is C45H77NOS4. The Morgan fingerprint density at radius 2 is 1.47 bits per heavy atom. The zero-order chi connectivity index (χ0) is 38.9. The van der Waals surface area contributed by atoms with E-state index in [1.807, 2.05) is 25.6 Å². The van der Waals surface area contributed by atoms with Crippen LogP contribution in [0.4, 0.5) is 0 Å². The summed E-state index contributed by atoms with van der Waals surface area (Å²) in [6, 6.07) is 0. The van der Waals surface area contributed by atoms with Gasteiger partial charge in [0.2, 0.25) is 0 Å². The molecule has 3 unspecified atom stereocenters. The third-order valence-corrected chi connectivity index (χ3v) is 14.4. The molecule has 0 saturated carbocycles. The van der Waals surface area contributed by atoms with Crippen LogP contribution in [0.25, 0.3) is 10.6 Å². The van der Waals surface area contributed by atoms with E-state index in [2.05, 4.69) is 105 Å². The van der Waals surface area contributed by atoms with Gasteiger partial charge < -0.3 is 4.90 Å². The Balaban J connectivity index is 0.0000123. The topological polar surface area (TPSA) is 20.3 Å². The summed E-state index contributed by atoms with van der Waals surface area (Å²) in [5.41, 5.74) is 4.00. The van der Waals surface area contributed by atoms with Crippen LogP contribution in [0.1, 0.15) is 191 Å². The van der Waals surface area contributed by atoms with Gasteiger partial charge in [-0.3, -0.25) is 4.79 Å². The molecule has 6 heteroatoms. The van der Waals surface area contributed by atoms with Crippen LogP contribution >= 0.6 is 47.5 Å². The van der Waals surface area contributed by atoms with Crippen molar-refractivity contribution in [1.29, 1.82) is 0 Å². The van der Waals surface area contributed by atoms with Gasteiger partial charge in [-0.1, -0.05) is 164 Å². The first kappa shape index (κ1) is 49.9. The minimum Gasteiger partial charge on any atom is -0.374 e. The quantitative estimate of drug-likeness (QED) is 0.0545. The van der Waals surface area contributed by atoms with Crippen molar-refractivity contribution in [2.24, 2.45) is 11.8 Å². The van der Waals surface area contributed by atoms with Crippen molar-refractivity contribution in [3.8, 4) is 0 Å². The Hall–Kier alpha value is -1.08. The highest BCUT2D eigenvalue weighted by atomic mass is 32.2. The van der Waals surface area contributed by atoms with E-state index in [1.54, 1.807) is 23.1 Å². The van der Waals surface area contributed by atoms with Crippen LogP contribution in [0.2, 0.25) is 0 Å². The number of carbonyl (C=O) groups is 1. The third kappa shape index (κ3) is 17.3. The summed E-state index contributed by atoms with van der Waals surface area (Å²) in [5, 5.41) is 2.86. The van der Waals surface area contributed by atoms with E-state index in [0.717, 1.165) is 74.9 Å². The molecule has 0 spiro atoms. The van der Waals surface area contributed by atoms with Gasteiger partial charge in [-0.15, -0.1) is 35.7 Å². The van der Waals surface area contributed by atoms with Crippen LogP contribution in [-0.4, -0.2) is 30.0 Å². The number of hydrogen-bond donors (Lipinski definition) is 1. The minimum absolute atomic E-state index is 0.269. The van der Waals surface area contributed by atoms with Crippen LogP contribution in [0.5, 0.6) is 0 Å². The molecule has 2 nitrogen and oxygen atoms in total. The summed E-state index contributed by atoms with van der Waals surface area (Å²) in [7, 11) is 2.15. The van der Waals surface area contributed by atoms with Gasteiger partial charge >= 0.3 is 0 Å². The number of allylic oxidation sites excluding steroid dienone is 3. The number of carbonyl (C=O) groups excluding carboxylic acids is 1. The maximum Gasteiger partial charge on any atom is 0.152 e. The summed E-state index contributed by atoms with van der Waals surface area (Å²) in [6.45, 7) is 34.4. The van der Waals surface area contributed by atoms with E-state index in [0.29, 0.717) is 17.1 Å². The molecule has 0 N–H and O–H groups in total. The second-order valence-corrected chi connectivity index (χ2v) is 17.7. The van der Waals surface area contributed by atoms with Crippen molar-refractivity contribution >= 4 is 64.4 Å². The van der Waals surface area contributed by atoms with Crippen LogP contribution < -0.4 is 0 Å². The number of aldehydes is 1. The predicted molar refractivity (Wildman–Crippen MR) is 245 cm³/mol. The van der Waals surface area contributed by atoms with Crippen LogP contribution in [-0.2, 0) is 0 Å². The zero-order valence-electron chi connectivity index (χ0n) is 35.0. The van der Waals surface area contributed by atoms with E-state index < -0.39 is 0 Å². The Morgan fingerprint density at radius 1 is 0.902 bits per heavy atom. The molecule has 1 aromatic rings. The highest BCUT2D eigenvalue weighted by molar-refractivity contribution is 8.14. The van der Waals surface area contributed by atoms with E-state index in [4.69, 9.17) is 12.6 Å². The first-order valence-corrected chi connectivity index (χ1v) is 23.3. The summed E-state index contributed by atoms with van der Waals surface area (Å²) in [4.78, 5) is 20.7. The number of thiol groups is 1. The van der Waals surface area contributed by atoms with E-state index in [9.17, 15) is 4.79 Å². The molecule has 1 heterocycles. The lowest BCUT2D eigenvalue weighted by Crippen LogP contribution is -2.24. The first-order chi connectivity index (χ1) is 24.5. The normalized spacial score (nSPS) is 14.2. The smallest absolute Gasteiger partial charge is 0.152 e. The molecule has 292 valence electrons. The lowest BCUT2D eigenvalue weighted by molar-refractivity contribution is 0.112. The lowest BCUT2D eigenvalue weighted by atomic mass is 9.91. The highest BCUT2D eigenvalue weighted by Crippen LogP contribution is 2.48. The summed E-state index contributed by atoms with van der Waals surface area (Å²) in [6.07, 6.45) is 20.9. The van der Waals surface area contributed by atoms with Crippen molar-refractivity contribution in [1.82, 2.24) is 4.90 Å². The summed E-state index contributed by atoms with van der Waals surface area (Å²) in [5.74, 6) is 1.52. The highest BCUT2D eigenvalue weighted by Gasteiger charge is 2.27. The molecule has 0 aliphatic rings. The number of unbranched alkanes of at least 4 members (excludes halogenated alkanes) is 3. The average molecular weight is 776 g/mol. The van der Waals surface area contributed by atoms with Crippen molar-refractivity contribution < 1.29 is 4.79 Å². The molecule has 51 heavy (non-hydrogen) atoms. The molecule has 0 fully saturated rings. The molecule has 1 rings (SSSR count). The fourth-order valence-corrected chi connectivity index (χ4v) is 10.0. The molecule has 0 aliphatic heterocycles. The molecule has 0 saturated heterocycles. The van der Waals surface area contributed by atoms with Gasteiger partial charge in [0.05, 0.1) is 4.88 Å². The lowest BCUT2D eigenvalue weighted by Gasteiger charge is -2.28. The largest absolute Gasteiger partial charge is 0.374 e. The molecule has 1 aromatic heterocycles. The minimum atomic E-state index is 0.269. The van der Waals surface area contributed by atoms with Gasteiger partial charge in [-0.2, -0.15) is 0 Å². The second kappa shape index (κ2) is 29.3. The zero-order valence-corrected chi connectivity index (χ0v) is 38.3. The fraction of sp³-hybridized carbons (Fsp3) is 0.667. The van der Waals surface area contributed by atoms with E-state index in [-0.39, 0.29) is 5.92 Å². The number of nitrogens with zero attached hydrogens (tertiary/aromatic N) is 1. The van der Waals surface area contributed by atoms with E-state index in [1.165, 1.54) is 68.2 Å². The van der Waals surface area contributed by atoms with Crippen molar-refractivity contribution in [3.63, 3.8) is 0 Å². The molecule has 0 aliphatic carbocycles. The monoisotopic (exact) mass is 775 g/mol. The SMILES string of the molecule is C=C(S/C(=C\SC(CC)CCCC)c1sc(C(C)C)c(C(=C)N(C)CC(CC)CCCC)c1C=O)/C(S)=C(/C=C/C)CC(CC)CCCC.CC.